The van der Waals surface area contributed by atoms with Crippen LogP contribution in [0.1, 0.15) is 12.5 Å². The van der Waals surface area contributed by atoms with Crippen LogP contribution >= 0.6 is 15.9 Å². The van der Waals surface area contributed by atoms with E-state index < -0.39 is 10.0 Å². The van der Waals surface area contributed by atoms with E-state index in [2.05, 4.69) is 31.0 Å². The fourth-order valence-electron chi connectivity index (χ4n) is 1.93. The normalized spacial score (nSPS) is 11.2. The minimum absolute atomic E-state index is 0.00974. The molecular formula is C14H16BrN3O2S. The van der Waals surface area contributed by atoms with Crippen molar-refractivity contribution in [2.45, 2.75) is 18.9 Å². The summed E-state index contributed by atoms with van der Waals surface area (Å²) in [5, 5.41) is 2.99. The Morgan fingerprint density at radius 3 is 2.71 bits per heavy atom. The van der Waals surface area contributed by atoms with Gasteiger partial charge in [0.15, 0.2) is 5.03 Å². The average Bonchev–Trinajstić information content (AvgIpc) is 2.37. The fraction of sp³-hybridized carbons (Fsp3) is 0.214. The van der Waals surface area contributed by atoms with E-state index in [1.807, 2.05) is 19.9 Å². The number of hydrogen-bond acceptors (Lipinski definition) is 4. The Bertz CT molecular complexity index is 727. The standard InChI is InChI=1S/C14H16BrN3O2S/c1-3-16-13-5-4-6-17-14(13)21(19,20)18-12-8-10(2)7-11(15)9-12/h4-9,16,18H,3H2,1-2H3. The Labute approximate surface area is 133 Å². The summed E-state index contributed by atoms with van der Waals surface area (Å²) < 4.78 is 28.3. The first-order valence-electron chi connectivity index (χ1n) is 6.41. The number of aryl methyl sites for hydroxylation is 1. The maximum absolute atomic E-state index is 12.5. The van der Waals surface area contributed by atoms with E-state index in [1.54, 1.807) is 24.3 Å². The lowest BCUT2D eigenvalue weighted by Gasteiger charge is -2.12. The summed E-state index contributed by atoms with van der Waals surface area (Å²) in [5.41, 5.74) is 1.93. The number of anilines is 2. The highest BCUT2D eigenvalue weighted by atomic mass is 79.9. The molecule has 1 aromatic carbocycles. The minimum atomic E-state index is -3.74. The monoisotopic (exact) mass is 369 g/mol. The highest BCUT2D eigenvalue weighted by Crippen LogP contribution is 2.24. The second-order valence-corrected chi connectivity index (χ2v) is 7.02. The molecule has 2 N–H and O–H groups in total. The first-order chi connectivity index (χ1) is 9.92. The molecule has 1 aromatic heterocycles. The Kier molecular flexibility index (Phi) is 4.84. The number of nitrogens with one attached hydrogen (secondary N) is 2. The van der Waals surface area contributed by atoms with Crippen molar-refractivity contribution in [1.29, 1.82) is 0 Å². The number of halogens is 1. The van der Waals surface area contributed by atoms with Crippen molar-refractivity contribution in [2.24, 2.45) is 0 Å². The summed E-state index contributed by atoms with van der Waals surface area (Å²) in [7, 11) is -3.74. The Morgan fingerprint density at radius 2 is 2.05 bits per heavy atom. The van der Waals surface area contributed by atoms with Gasteiger partial charge in [-0.05, 0) is 49.7 Å². The van der Waals surface area contributed by atoms with Crippen molar-refractivity contribution < 1.29 is 8.42 Å². The molecule has 1 heterocycles. The third kappa shape index (κ3) is 3.95. The van der Waals surface area contributed by atoms with Crippen molar-refractivity contribution in [3.8, 4) is 0 Å². The number of nitrogens with zero attached hydrogens (tertiary/aromatic N) is 1. The van der Waals surface area contributed by atoms with Crippen molar-refractivity contribution in [3.63, 3.8) is 0 Å². The zero-order valence-corrected chi connectivity index (χ0v) is 14.1. The van der Waals surface area contributed by atoms with Crippen molar-refractivity contribution in [3.05, 3.63) is 46.6 Å². The molecule has 0 bridgehead atoms. The molecule has 0 amide bonds. The first-order valence-corrected chi connectivity index (χ1v) is 8.69. The first kappa shape index (κ1) is 15.8. The molecule has 0 spiro atoms. The number of benzene rings is 1. The molecule has 112 valence electrons. The molecule has 21 heavy (non-hydrogen) atoms. The molecule has 0 unspecified atom stereocenters. The molecule has 0 radical (unpaired) electrons. The maximum Gasteiger partial charge on any atom is 0.281 e. The van der Waals surface area contributed by atoms with Crippen LogP contribution in [0.25, 0.3) is 0 Å². The lowest BCUT2D eigenvalue weighted by Crippen LogP contribution is -2.17. The highest BCUT2D eigenvalue weighted by Gasteiger charge is 2.20. The van der Waals surface area contributed by atoms with Gasteiger partial charge in [-0.2, -0.15) is 8.42 Å². The van der Waals surface area contributed by atoms with E-state index in [0.717, 1.165) is 10.0 Å². The minimum Gasteiger partial charge on any atom is -0.383 e. The molecule has 5 nitrogen and oxygen atoms in total. The van der Waals surface area contributed by atoms with Gasteiger partial charge in [0.2, 0.25) is 0 Å². The van der Waals surface area contributed by atoms with Gasteiger partial charge in [0, 0.05) is 17.2 Å². The van der Waals surface area contributed by atoms with Gasteiger partial charge in [-0.1, -0.05) is 15.9 Å². The molecule has 2 rings (SSSR count). The number of hydrogen-bond donors (Lipinski definition) is 2. The van der Waals surface area contributed by atoms with E-state index in [4.69, 9.17) is 0 Å². The lowest BCUT2D eigenvalue weighted by atomic mass is 10.2. The van der Waals surface area contributed by atoms with Crippen LogP contribution in [0.4, 0.5) is 11.4 Å². The van der Waals surface area contributed by atoms with Gasteiger partial charge in [0.25, 0.3) is 10.0 Å². The van der Waals surface area contributed by atoms with E-state index in [0.29, 0.717) is 17.9 Å². The summed E-state index contributed by atoms with van der Waals surface area (Å²) >= 11 is 3.35. The van der Waals surface area contributed by atoms with Crippen LogP contribution in [0, 0.1) is 6.92 Å². The van der Waals surface area contributed by atoms with E-state index in [-0.39, 0.29) is 5.03 Å². The second kappa shape index (κ2) is 6.44. The zero-order chi connectivity index (χ0) is 15.5. The van der Waals surface area contributed by atoms with Crippen molar-refractivity contribution >= 4 is 37.3 Å². The summed E-state index contributed by atoms with van der Waals surface area (Å²) in [6.07, 6.45) is 1.46. The third-order valence-corrected chi connectivity index (χ3v) is 4.48. The van der Waals surface area contributed by atoms with Gasteiger partial charge < -0.3 is 5.32 Å². The van der Waals surface area contributed by atoms with Gasteiger partial charge in [-0.15, -0.1) is 0 Å². The number of pyridine rings is 1. The molecule has 2 aromatic rings. The van der Waals surface area contributed by atoms with Crippen LogP contribution in [0.15, 0.2) is 46.0 Å². The summed E-state index contributed by atoms with van der Waals surface area (Å²) in [6, 6.07) is 8.76. The van der Waals surface area contributed by atoms with Gasteiger partial charge in [-0.25, -0.2) is 4.98 Å². The summed E-state index contributed by atoms with van der Waals surface area (Å²) in [5.74, 6) is 0. The smallest absolute Gasteiger partial charge is 0.281 e. The van der Waals surface area contributed by atoms with Crippen LogP contribution in [-0.4, -0.2) is 19.9 Å². The van der Waals surface area contributed by atoms with E-state index >= 15 is 0 Å². The molecule has 0 saturated carbocycles. The average molecular weight is 370 g/mol. The summed E-state index contributed by atoms with van der Waals surface area (Å²) in [6.45, 7) is 4.41. The summed E-state index contributed by atoms with van der Waals surface area (Å²) in [4.78, 5) is 3.99. The molecule has 0 atom stereocenters. The van der Waals surface area contributed by atoms with Crippen LogP contribution in [0.5, 0.6) is 0 Å². The maximum atomic E-state index is 12.5. The van der Waals surface area contributed by atoms with E-state index in [1.165, 1.54) is 6.20 Å². The van der Waals surface area contributed by atoms with Crippen molar-refractivity contribution in [2.75, 3.05) is 16.6 Å². The largest absolute Gasteiger partial charge is 0.383 e. The van der Waals surface area contributed by atoms with Crippen LogP contribution in [0.2, 0.25) is 0 Å². The zero-order valence-electron chi connectivity index (χ0n) is 11.7. The van der Waals surface area contributed by atoms with E-state index in [9.17, 15) is 8.42 Å². The molecule has 0 fully saturated rings. The Balaban J connectivity index is 2.38. The topological polar surface area (TPSA) is 71.1 Å². The molecule has 0 saturated heterocycles. The molecular weight excluding hydrogens is 354 g/mol. The van der Waals surface area contributed by atoms with Gasteiger partial charge in [0.05, 0.1) is 11.4 Å². The predicted octanol–water partition coefficient (Wildman–Crippen LogP) is 3.39. The van der Waals surface area contributed by atoms with Gasteiger partial charge in [0.1, 0.15) is 0 Å². The third-order valence-electron chi connectivity index (χ3n) is 2.69. The van der Waals surface area contributed by atoms with Crippen LogP contribution in [0.3, 0.4) is 0 Å². The molecule has 0 aliphatic rings. The molecule has 7 heteroatoms. The lowest BCUT2D eigenvalue weighted by molar-refractivity contribution is 0.598. The Morgan fingerprint density at radius 1 is 1.29 bits per heavy atom. The fourth-order valence-corrected chi connectivity index (χ4v) is 3.69. The van der Waals surface area contributed by atoms with Crippen LogP contribution < -0.4 is 10.0 Å². The van der Waals surface area contributed by atoms with Crippen LogP contribution in [-0.2, 0) is 10.0 Å². The SMILES string of the molecule is CCNc1cccnc1S(=O)(=O)Nc1cc(C)cc(Br)c1. The Hall–Kier alpha value is -1.60. The van der Waals surface area contributed by atoms with Crippen molar-refractivity contribution in [1.82, 2.24) is 4.98 Å². The number of rotatable bonds is 5. The van der Waals surface area contributed by atoms with Gasteiger partial charge >= 0.3 is 0 Å². The quantitative estimate of drug-likeness (QED) is 0.847. The molecule has 0 aliphatic carbocycles. The highest BCUT2D eigenvalue weighted by molar-refractivity contribution is 9.10. The number of sulfonamides is 1. The van der Waals surface area contributed by atoms with Gasteiger partial charge in [-0.3, -0.25) is 4.72 Å². The predicted molar refractivity (Wildman–Crippen MR) is 88.1 cm³/mol. The second-order valence-electron chi connectivity index (χ2n) is 4.51. The molecule has 0 aliphatic heterocycles. The number of aromatic nitrogens is 1.